The average molecular weight is 530 g/mol. The van der Waals surface area contributed by atoms with E-state index in [2.05, 4.69) is 19.5 Å². The maximum Gasteiger partial charge on any atom is 0.245 e. The van der Waals surface area contributed by atoms with Crippen molar-refractivity contribution >= 4 is 56.3 Å². The first-order valence-electron chi connectivity index (χ1n) is 11.8. The Morgan fingerprint density at radius 2 is 1.97 bits per heavy atom. The van der Waals surface area contributed by atoms with Crippen molar-refractivity contribution in [1.82, 2.24) is 9.88 Å². The molecule has 5 rings (SSSR count). The van der Waals surface area contributed by atoms with E-state index in [1.54, 1.807) is 6.20 Å². The average Bonchev–Trinajstić information content (AvgIpc) is 3.40. The number of aryl methyl sites for hydroxylation is 1. The SMILES string of the molecule is C[C@@H](C(=O)N1CCN(c2cccc(S(=O)Nc3nccs3)c2)CC1)N1CCCc2cc(Cl)ccc21. The summed E-state index contributed by atoms with van der Waals surface area (Å²) in [5.41, 5.74) is 3.35. The Kier molecular flexibility index (Phi) is 7.27. The van der Waals surface area contributed by atoms with E-state index in [-0.39, 0.29) is 11.9 Å². The first kappa shape index (κ1) is 24.1. The number of thiazole rings is 1. The second-order valence-corrected chi connectivity index (χ2v) is 11.3. The molecule has 10 heteroatoms. The number of hydrogen-bond acceptors (Lipinski definition) is 6. The van der Waals surface area contributed by atoms with Crippen LogP contribution in [-0.4, -0.2) is 58.8 Å². The van der Waals surface area contributed by atoms with E-state index in [0.717, 1.165) is 48.9 Å². The molecule has 1 N–H and O–H groups in total. The van der Waals surface area contributed by atoms with Crippen LogP contribution in [0.15, 0.2) is 58.9 Å². The molecule has 35 heavy (non-hydrogen) atoms. The molecule has 1 saturated heterocycles. The monoisotopic (exact) mass is 529 g/mol. The zero-order chi connectivity index (χ0) is 24.4. The van der Waals surface area contributed by atoms with Crippen molar-refractivity contribution in [2.45, 2.75) is 30.7 Å². The fraction of sp³-hybridized carbons (Fsp3) is 0.360. The van der Waals surface area contributed by atoms with Crippen LogP contribution >= 0.6 is 22.9 Å². The minimum Gasteiger partial charge on any atom is -0.368 e. The molecule has 2 aliphatic rings. The smallest absolute Gasteiger partial charge is 0.245 e. The van der Waals surface area contributed by atoms with Crippen LogP contribution in [0.4, 0.5) is 16.5 Å². The number of fused-ring (bicyclic) bond motifs is 1. The Morgan fingerprint density at radius 3 is 2.74 bits per heavy atom. The molecule has 184 valence electrons. The standard InChI is InChI=1S/C25H28ClN5O2S2/c1-18(31-10-3-4-19-16-20(26)7-8-23(19)31)24(32)30-13-11-29(12-14-30)21-5-2-6-22(17-21)35(33)28-25-27-9-15-34-25/h2,5-9,15-18H,3-4,10-14H2,1H3,(H,27,28)/t18-,35?/m0/s1. The zero-order valence-electron chi connectivity index (χ0n) is 19.5. The third kappa shape index (κ3) is 5.32. The van der Waals surface area contributed by atoms with Crippen LogP contribution in [0.2, 0.25) is 5.02 Å². The first-order chi connectivity index (χ1) is 17.0. The summed E-state index contributed by atoms with van der Waals surface area (Å²) >= 11 is 7.61. The van der Waals surface area contributed by atoms with Gasteiger partial charge in [-0.3, -0.25) is 9.52 Å². The third-order valence-corrected chi connectivity index (χ3v) is 8.74. The Bertz CT molecular complexity index is 1210. The Hall–Kier alpha value is -2.62. The van der Waals surface area contributed by atoms with Gasteiger partial charge < -0.3 is 14.7 Å². The van der Waals surface area contributed by atoms with Gasteiger partial charge in [-0.1, -0.05) is 17.7 Å². The van der Waals surface area contributed by atoms with E-state index < -0.39 is 11.0 Å². The second-order valence-electron chi connectivity index (χ2n) is 8.76. The number of nitrogens with one attached hydrogen (secondary N) is 1. The molecule has 1 unspecified atom stereocenters. The van der Waals surface area contributed by atoms with E-state index >= 15 is 0 Å². The molecule has 0 bridgehead atoms. The first-order valence-corrected chi connectivity index (χ1v) is 14.2. The molecule has 3 heterocycles. The number of nitrogens with zero attached hydrogens (tertiary/aromatic N) is 4. The van der Waals surface area contributed by atoms with E-state index in [0.29, 0.717) is 23.1 Å². The largest absolute Gasteiger partial charge is 0.368 e. The molecule has 0 spiro atoms. The number of rotatable bonds is 6. The van der Waals surface area contributed by atoms with Gasteiger partial charge >= 0.3 is 0 Å². The van der Waals surface area contributed by atoms with Gasteiger partial charge in [0.1, 0.15) is 6.04 Å². The van der Waals surface area contributed by atoms with Gasteiger partial charge in [-0.05, 0) is 61.7 Å². The summed E-state index contributed by atoms with van der Waals surface area (Å²) in [6.07, 6.45) is 3.70. The Balaban J connectivity index is 1.21. The minimum absolute atomic E-state index is 0.162. The molecular formula is C25H28ClN5O2S2. The van der Waals surface area contributed by atoms with Gasteiger partial charge in [-0.2, -0.15) is 0 Å². The summed E-state index contributed by atoms with van der Waals surface area (Å²) < 4.78 is 15.6. The predicted octanol–water partition coefficient (Wildman–Crippen LogP) is 4.42. The van der Waals surface area contributed by atoms with Crippen LogP contribution in [-0.2, 0) is 22.2 Å². The number of carbonyl (C=O) groups is 1. The molecule has 0 saturated carbocycles. The summed E-state index contributed by atoms with van der Waals surface area (Å²) in [6, 6.07) is 13.5. The maximum atomic E-state index is 13.4. The van der Waals surface area contributed by atoms with Crippen LogP contribution in [0.25, 0.3) is 0 Å². The Morgan fingerprint density at radius 1 is 1.14 bits per heavy atom. The van der Waals surface area contributed by atoms with Crippen molar-refractivity contribution < 1.29 is 9.00 Å². The lowest BCUT2D eigenvalue weighted by Gasteiger charge is -2.41. The summed E-state index contributed by atoms with van der Waals surface area (Å²) in [5.74, 6) is 0.162. The number of anilines is 3. The van der Waals surface area contributed by atoms with Crippen LogP contribution in [0.3, 0.4) is 0 Å². The van der Waals surface area contributed by atoms with Crippen LogP contribution < -0.4 is 14.5 Å². The van der Waals surface area contributed by atoms with Crippen LogP contribution in [0.1, 0.15) is 18.9 Å². The van der Waals surface area contributed by atoms with Gasteiger partial charge in [0.15, 0.2) is 16.1 Å². The van der Waals surface area contributed by atoms with Gasteiger partial charge in [-0.15, -0.1) is 11.3 Å². The van der Waals surface area contributed by atoms with E-state index in [4.69, 9.17) is 11.6 Å². The Labute approximate surface area is 217 Å². The summed E-state index contributed by atoms with van der Waals surface area (Å²) in [5, 5.41) is 3.22. The van der Waals surface area contributed by atoms with Crippen molar-refractivity contribution in [2.24, 2.45) is 0 Å². The van der Waals surface area contributed by atoms with Crippen molar-refractivity contribution in [1.29, 1.82) is 0 Å². The highest BCUT2D eigenvalue weighted by molar-refractivity contribution is 7.86. The number of amides is 1. The third-order valence-electron chi connectivity index (χ3n) is 6.62. The number of carbonyl (C=O) groups excluding carboxylic acids is 1. The molecule has 2 aromatic carbocycles. The van der Waals surface area contributed by atoms with Gasteiger partial charge in [0.05, 0.1) is 4.90 Å². The molecule has 7 nitrogen and oxygen atoms in total. The molecular weight excluding hydrogens is 502 g/mol. The molecule has 2 atom stereocenters. The number of halogens is 1. The van der Waals surface area contributed by atoms with Gasteiger partial charge in [0.25, 0.3) is 0 Å². The topological polar surface area (TPSA) is 68.8 Å². The van der Waals surface area contributed by atoms with E-state index in [1.165, 1.54) is 16.9 Å². The van der Waals surface area contributed by atoms with Crippen LogP contribution in [0, 0.1) is 0 Å². The van der Waals surface area contributed by atoms with Gasteiger partial charge in [0, 0.05) is 60.7 Å². The predicted molar refractivity (Wildman–Crippen MR) is 144 cm³/mol. The van der Waals surface area contributed by atoms with E-state index in [9.17, 15) is 9.00 Å². The maximum absolute atomic E-state index is 13.4. The molecule has 3 aromatic rings. The lowest BCUT2D eigenvalue weighted by Crippen LogP contribution is -2.55. The van der Waals surface area contributed by atoms with Gasteiger partial charge in [0.2, 0.25) is 5.91 Å². The number of hydrogen-bond donors (Lipinski definition) is 1. The normalized spacial score (nSPS) is 17.6. The fourth-order valence-electron chi connectivity index (χ4n) is 4.79. The van der Waals surface area contributed by atoms with Crippen molar-refractivity contribution in [3.8, 4) is 0 Å². The molecule has 1 fully saturated rings. The summed E-state index contributed by atoms with van der Waals surface area (Å²) in [6.45, 7) is 5.68. The van der Waals surface area contributed by atoms with Crippen LogP contribution in [0.5, 0.6) is 0 Å². The number of piperazine rings is 1. The fourth-order valence-corrected chi connectivity index (χ4v) is 6.53. The second kappa shape index (κ2) is 10.6. The highest BCUT2D eigenvalue weighted by Crippen LogP contribution is 2.31. The number of aromatic nitrogens is 1. The summed E-state index contributed by atoms with van der Waals surface area (Å²) in [4.78, 5) is 24.7. The highest BCUT2D eigenvalue weighted by atomic mass is 35.5. The molecule has 1 amide bonds. The lowest BCUT2D eigenvalue weighted by atomic mass is 10.00. The highest BCUT2D eigenvalue weighted by Gasteiger charge is 2.31. The number of benzene rings is 2. The zero-order valence-corrected chi connectivity index (χ0v) is 21.9. The van der Waals surface area contributed by atoms with E-state index in [1.807, 2.05) is 59.7 Å². The molecule has 2 aliphatic heterocycles. The quantitative estimate of drug-likeness (QED) is 0.512. The van der Waals surface area contributed by atoms with Crippen molar-refractivity contribution in [3.63, 3.8) is 0 Å². The lowest BCUT2D eigenvalue weighted by molar-refractivity contribution is -0.132. The summed E-state index contributed by atoms with van der Waals surface area (Å²) in [7, 11) is -1.38. The minimum atomic E-state index is -1.38. The molecule has 0 aliphatic carbocycles. The van der Waals surface area contributed by atoms with Gasteiger partial charge in [-0.25, -0.2) is 9.19 Å². The van der Waals surface area contributed by atoms with Crippen molar-refractivity contribution in [2.75, 3.05) is 47.2 Å². The molecule has 1 aromatic heterocycles. The molecule has 0 radical (unpaired) electrons. The van der Waals surface area contributed by atoms with Crippen molar-refractivity contribution in [3.05, 3.63) is 64.6 Å².